The molecule has 0 radical (unpaired) electrons. The summed E-state index contributed by atoms with van der Waals surface area (Å²) >= 11 is 0. The van der Waals surface area contributed by atoms with Crippen molar-refractivity contribution in [3.05, 3.63) is 96.1 Å². The summed E-state index contributed by atoms with van der Waals surface area (Å²) in [5.74, 6) is 0.861. The Morgan fingerprint density at radius 1 is 0.846 bits per heavy atom. The standard InChI is InChI=1S/C23H24N2O/c1-2-3-17-26-22-16-10-15-21(18-22)24-25-23(19-11-6-4-7-12-19)20-13-8-5-9-14-20/h4-16,18,24H,2-3,17H2,1H3. The molecular weight excluding hydrogens is 320 g/mol. The van der Waals surface area contributed by atoms with E-state index >= 15 is 0 Å². The zero-order valence-corrected chi connectivity index (χ0v) is 15.1. The van der Waals surface area contributed by atoms with Crippen molar-refractivity contribution in [2.75, 3.05) is 12.0 Å². The summed E-state index contributed by atoms with van der Waals surface area (Å²) < 4.78 is 5.77. The van der Waals surface area contributed by atoms with E-state index in [0.29, 0.717) is 0 Å². The van der Waals surface area contributed by atoms with Gasteiger partial charge < -0.3 is 4.74 Å². The summed E-state index contributed by atoms with van der Waals surface area (Å²) in [6, 6.07) is 28.3. The predicted molar refractivity (Wildman–Crippen MR) is 109 cm³/mol. The van der Waals surface area contributed by atoms with Gasteiger partial charge >= 0.3 is 0 Å². The van der Waals surface area contributed by atoms with Crippen LogP contribution in [-0.4, -0.2) is 12.3 Å². The van der Waals surface area contributed by atoms with Crippen molar-refractivity contribution in [2.24, 2.45) is 5.10 Å². The first-order valence-electron chi connectivity index (χ1n) is 9.04. The molecule has 0 amide bonds. The number of ether oxygens (including phenoxy) is 1. The molecule has 0 fully saturated rings. The van der Waals surface area contributed by atoms with Crippen LogP contribution < -0.4 is 10.2 Å². The predicted octanol–water partition coefficient (Wildman–Crippen LogP) is 5.73. The molecule has 0 aliphatic carbocycles. The van der Waals surface area contributed by atoms with E-state index in [4.69, 9.17) is 4.74 Å². The SMILES string of the molecule is CCCCOc1cccc(NN=C(c2ccccc2)c2ccccc2)c1. The van der Waals surface area contributed by atoms with Crippen LogP contribution in [0.25, 0.3) is 0 Å². The molecule has 3 nitrogen and oxygen atoms in total. The van der Waals surface area contributed by atoms with E-state index in [1.54, 1.807) is 0 Å². The molecule has 0 saturated carbocycles. The van der Waals surface area contributed by atoms with Crippen LogP contribution in [0, 0.1) is 0 Å². The third kappa shape index (κ3) is 4.96. The Kier molecular flexibility index (Phi) is 6.43. The molecule has 3 aromatic carbocycles. The van der Waals surface area contributed by atoms with E-state index in [-0.39, 0.29) is 0 Å². The number of benzene rings is 3. The van der Waals surface area contributed by atoms with Gasteiger partial charge in [0.2, 0.25) is 0 Å². The summed E-state index contributed by atoms with van der Waals surface area (Å²) in [6.07, 6.45) is 2.18. The largest absolute Gasteiger partial charge is 0.494 e. The van der Waals surface area contributed by atoms with Crippen molar-refractivity contribution in [2.45, 2.75) is 19.8 Å². The molecule has 0 aromatic heterocycles. The molecule has 0 aliphatic heterocycles. The van der Waals surface area contributed by atoms with Crippen molar-refractivity contribution in [1.82, 2.24) is 0 Å². The normalized spacial score (nSPS) is 10.2. The molecule has 0 unspecified atom stereocenters. The Morgan fingerprint density at radius 2 is 1.50 bits per heavy atom. The van der Waals surface area contributed by atoms with Crippen molar-refractivity contribution < 1.29 is 4.74 Å². The van der Waals surface area contributed by atoms with Crippen LogP contribution in [0.1, 0.15) is 30.9 Å². The molecule has 1 N–H and O–H groups in total. The smallest absolute Gasteiger partial charge is 0.121 e. The van der Waals surface area contributed by atoms with Gasteiger partial charge in [-0.15, -0.1) is 0 Å². The molecule has 3 aromatic rings. The molecule has 0 aliphatic rings. The number of nitrogens with one attached hydrogen (secondary N) is 1. The second kappa shape index (κ2) is 9.42. The van der Waals surface area contributed by atoms with E-state index in [1.165, 1.54) is 0 Å². The highest BCUT2D eigenvalue weighted by atomic mass is 16.5. The fourth-order valence-electron chi connectivity index (χ4n) is 2.60. The van der Waals surface area contributed by atoms with Crippen LogP contribution in [0.5, 0.6) is 5.75 Å². The molecule has 3 rings (SSSR count). The summed E-state index contributed by atoms with van der Waals surface area (Å²) in [6.45, 7) is 2.90. The van der Waals surface area contributed by atoms with E-state index in [2.05, 4.69) is 41.7 Å². The van der Waals surface area contributed by atoms with Crippen LogP contribution in [0.2, 0.25) is 0 Å². The number of anilines is 1. The topological polar surface area (TPSA) is 33.6 Å². The van der Waals surface area contributed by atoms with Gasteiger partial charge in [0.25, 0.3) is 0 Å². The molecule has 3 heteroatoms. The highest BCUT2D eigenvalue weighted by Gasteiger charge is 2.06. The zero-order valence-electron chi connectivity index (χ0n) is 15.1. The fourth-order valence-corrected chi connectivity index (χ4v) is 2.60. The highest BCUT2D eigenvalue weighted by Crippen LogP contribution is 2.19. The van der Waals surface area contributed by atoms with Crippen LogP contribution in [0.3, 0.4) is 0 Å². The quantitative estimate of drug-likeness (QED) is 0.322. The first kappa shape index (κ1) is 17.7. The van der Waals surface area contributed by atoms with Crippen LogP contribution in [0.4, 0.5) is 5.69 Å². The number of unbranched alkanes of at least 4 members (excludes halogenated alkanes) is 1. The minimum Gasteiger partial charge on any atom is -0.494 e. The molecule has 132 valence electrons. The van der Waals surface area contributed by atoms with Gasteiger partial charge in [0.1, 0.15) is 5.75 Å². The minimum atomic E-state index is 0.739. The van der Waals surface area contributed by atoms with Crippen LogP contribution in [-0.2, 0) is 0 Å². The first-order chi connectivity index (χ1) is 12.9. The van der Waals surface area contributed by atoms with Crippen molar-refractivity contribution in [1.29, 1.82) is 0 Å². The van der Waals surface area contributed by atoms with E-state index in [0.717, 1.165) is 47.7 Å². The Hall–Kier alpha value is -3.07. The third-order valence-corrected chi connectivity index (χ3v) is 3.99. The third-order valence-electron chi connectivity index (χ3n) is 3.99. The van der Waals surface area contributed by atoms with Gasteiger partial charge in [-0.25, -0.2) is 0 Å². The van der Waals surface area contributed by atoms with Gasteiger partial charge in [0, 0.05) is 17.2 Å². The number of hydrogen-bond donors (Lipinski definition) is 1. The van der Waals surface area contributed by atoms with Gasteiger partial charge in [0.15, 0.2) is 0 Å². The number of rotatable bonds is 8. The maximum absolute atomic E-state index is 5.77. The Balaban J connectivity index is 1.82. The lowest BCUT2D eigenvalue weighted by Crippen LogP contribution is -2.06. The highest BCUT2D eigenvalue weighted by molar-refractivity contribution is 6.13. The number of hydrazone groups is 1. The second-order valence-corrected chi connectivity index (χ2v) is 6.03. The number of nitrogens with zero attached hydrogens (tertiary/aromatic N) is 1. The maximum Gasteiger partial charge on any atom is 0.121 e. The lowest BCUT2D eigenvalue weighted by Gasteiger charge is -2.10. The van der Waals surface area contributed by atoms with E-state index in [9.17, 15) is 0 Å². The van der Waals surface area contributed by atoms with Crippen LogP contribution in [0.15, 0.2) is 90.0 Å². The van der Waals surface area contributed by atoms with Gasteiger partial charge in [0.05, 0.1) is 18.0 Å². The second-order valence-electron chi connectivity index (χ2n) is 6.03. The van der Waals surface area contributed by atoms with Gasteiger partial charge in [-0.05, 0) is 18.6 Å². The van der Waals surface area contributed by atoms with E-state index < -0.39 is 0 Å². The molecule has 0 saturated heterocycles. The fraction of sp³-hybridized carbons (Fsp3) is 0.174. The Bertz CT molecular complexity index is 788. The molecule has 0 heterocycles. The summed E-state index contributed by atoms with van der Waals surface area (Å²) in [5, 5.41) is 4.68. The summed E-state index contributed by atoms with van der Waals surface area (Å²) in [7, 11) is 0. The van der Waals surface area contributed by atoms with Crippen molar-refractivity contribution in [3.8, 4) is 5.75 Å². The molecular formula is C23H24N2O. The van der Waals surface area contributed by atoms with Gasteiger partial charge in [-0.1, -0.05) is 80.1 Å². The van der Waals surface area contributed by atoms with Gasteiger partial charge in [-0.2, -0.15) is 5.10 Å². The average Bonchev–Trinajstić information content (AvgIpc) is 2.70. The molecule has 0 spiro atoms. The molecule has 0 bridgehead atoms. The number of hydrogen-bond acceptors (Lipinski definition) is 3. The molecule has 0 atom stereocenters. The minimum absolute atomic E-state index is 0.739. The Labute approximate surface area is 155 Å². The summed E-state index contributed by atoms with van der Waals surface area (Å²) in [5.41, 5.74) is 7.13. The van der Waals surface area contributed by atoms with Crippen molar-refractivity contribution >= 4 is 11.4 Å². The van der Waals surface area contributed by atoms with Crippen LogP contribution >= 0.6 is 0 Å². The zero-order chi connectivity index (χ0) is 18.0. The monoisotopic (exact) mass is 344 g/mol. The molecule has 26 heavy (non-hydrogen) atoms. The van der Waals surface area contributed by atoms with E-state index in [1.807, 2.05) is 60.7 Å². The van der Waals surface area contributed by atoms with Gasteiger partial charge in [-0.3, -0.25) is 5.43 Å². The lowest BCUT2D eigenvalue weighted by atomic mass is 10.0. The average molecular weight is 344 g/mol. The Morgan fingerprint density at radius 3 is 2.12 bits per heavy atom. The summed E-state index contributed by atoms with van der Waals surface area (Å²) in [4.78, 5) is 0. The first-order valence-corrected chi connectivity index (χ1v) is 9.04. The lowest BCUT2D eigenvalue weighted by molar-refractivity contribution is 0.309. The maximum atomic E-state index is 5.77. The van der Waals surface area contributed by atoms with Crippen molar-refractivity contribution in [3.63, 3.8) is 0 Å².